The summed E-state index contributed by atoms with van der Waals surface area (Å²) >= 11 is 7.63. The third-order valence-corrected chi connectivity index (χ3v) is 6.95. The zero-order valence-corrected chi connectivity index (χ0v) is 20.6. The second-order valence-corrected chi connectivity index (χ2v) is 9.38. The zero-order chi connectivity index (χ0) is 23.8. The lowest BCUT2D eigenvalue weighted by atomic mass is 10.1. The van der Waals surface area contributed by atoms with E-state index >= 15 is 0 Å². The van der Waals surface area contributed by atoms with Gasteiger partial charge in [-0.15, -0.1) is 11.3 Å². The van der Waals surface area contributed by atoms with Gasteiger partial charge in [-0.05, 0) is 55.8 Å². The van der Waals surface area contributed by atoms with Crippen molar-refractivity contribution in [2.45, 2.75) is 13.8 Å². The molecule has 0 bridgehead atoms. The number of hydrogen-bond acceptors (Lipinski definition) is 3. The molecule has 2 aromatic heterocycles. The van der Waals surface area contributed by atoms with Gasteiger partial charge in [0.05, 0.1) is 17.1 Å². The number of halogens is 1. The average Bonchev–Trinajstić information content (AvgIpc) is 3.35. The Morgan fingerprint density at radius 1 is 0.853 bits per heavy atom. The Morgan fingerprint density at radius 2 is 1.53 bits per heavy atom. The van der Waals surface area contributed by atoms with Gasteiger partial charge in [-0.3, -0.25) is 14.0 Å². The molecule has 0 aliphatic heterocycles. The molecule has 0 N–H and O–H groups in total. The zero-order valence-electron chi connectivity index (χ0n) is 19.1. The summed E-state index contributed by atoms with van der Waals surface area (Å²) in [4.78, 5) is 19.1. The second-order valence-electron chi connectivity index (χ2n) is 8.10. The van der Waals surface area contributed by atoms with Gasteiger partial charge in [-0.1, -0.05) is 59.6 Å². The summed E-state index contributed by atoms with van der Waals surface area (Å²) in [6.45, 7) is 3.98. The lowest BCUT2D eigenvalue weighted by Gasteiger charge is -2.10. The molecule has 0 amide bonds. The second kappa shape index (κ2) is 8.97. The summed E-state index contributed by atoms with van der Waals surface area (Å²) in [6, 6.07) is 25.7. The molecule has 0 atom stereocenters. The highest BCUT2D eigenvalue weighted by Gasteiger charge is 2.17. The Morgan fingerprint density at radius 3 is 2.21 bits per heavy atom. The fourth-order valence-electron chi connectivity index (χ4n) is 3.93. The van der Waals surface area contributed by atoms with Crippen LogP contribution in [0.5, 0.6) is 0 Å². The minimum absolute atomic E-state index is 0.150. The van der Waals surface area contributed by atoms with E-state index in [2.05, 4.69) is 41.1 Å². The van der Waals surface area contributed by atoms with Crippen molar-refractivity contribution in [1.29, 1.82) is 0 Å². The SMILES string of the molecule is Cc1ccc(-n2c(-c3ccc(Cl)cc3)csc2=Nc2c(C)n(C)n(-c3ccccc3)c2=O)cc1. The standard InChI is InChI=1S/C27H23ClN4OS/c1-18-9-15-22(16-10-18)31-24(20-11-13-21(28)14-12-20)17-34-27(31)29-25-19(2)30(3)32(26(25)33)23-7-5-4-6-8-23/h4-17H,1-3H3. The Labute approximate surface area is 206 Å². The predicted octanol–water partition coefficient (Wildman–Crippen LogP) is 6.20. The maximum absolute atomic E-state index is 13.5. The van der Waals surface area contributed by atoms with Crippen molar-refractivity contribution in [3.05, 3.63) is 116 Å². The highest BCUT2D eigenvalue weighted by molar-refractivity contribution is 7.07. The maximum Gasteiger partial charge on any atom is 0.297 e. The van der Waals surface area contributed by atoms with E-state index in [9.17, 15) is 4.79 Å². The molecule has 0 aliphatic rings. The van der Waals surface area contributed by atoms with E-state index in [1.54, 1.807) is 4.68 Å². The number of para-hydroxylation sites is 1. The van der Waals surface area contributed by atoms with Crippen LogP contribution in [0.25, 0.3) is 22.6 Å². The van der Waals surface area contributed by atoms with Crippen LogP contribution in [-0.4, -0.2) is 13.9 Å². The molecule has 5 rings (SSSR count). The molecule has 5 nitrogen and oxygen atoms in total. The van der Waals surface area contributed by atoms with E-state index in [0.29, 0.717) is 10.7 Å². The van der Waals surface area contributed by atoms with Gasteiger partial charge in [-0.2, -0.15) is 0 Å². The smallest absolute Gasteiger partial charge is 0.285 e. The van der Waals surface area contributed by atoms with E-state index in [0.717, 1.165) is 33.1 Å². The molecule has 0 saturated heterocycles. The first kappa shape index (κ1) is 22.2. The third-order valence-electron chi connectivity index (χ3n) is 5.87. The normalized spacial score (nSPS) is 11.8. The van der Waals surface area contributed by atoms with Crippen LogP contribution in [-0.2, 0) is 7.05 Å². The van der Waals surface area contributed by atoms with Crippen LogP contribution in [0.4, 0.5) is 5.69 Å². The van der Waals surface area contributed by atoms with Crippen molar-refractivity contribution in [1.82, 2.24) is 13.9 Å². The van der Waals surface area contributed by atoms with E-state index in [1.165, 1.54) is 16.9 Å². The first-order valence-electron chi connectivity index (χ1n) is 10.9. The number of aromatic nitrogens is 3. The Hall–Kier alpha value is -3.61. The molecule has 34 heavy (non-hydrogen) atoms. The topological polar surface area (TPSA) is 44.2 Å². The summed E-state index contributed by atoms with van der Waals surface area (Å²) in [5.74, 6) is 0. The van der Waals surface area contributed by atoms with E-state index in [-0.39, 0.29) is 5.56 Å². The molecule has 0 fully saturated rings. The van der Waals surface area contributed by atoms with Gasteiger partial charge in [0.25, 0.3) is 5.56 Å². The molecule has 170 valence electrons. The molecule has 0 spiro atoms. The van der Waals surface area contributed by atoms with Crippen LogP contribution in [0.15, 0.2) is 94.0 Å². The van der Waals surface area contributed by atoms with E-state index < -0.39 is 0 Å². The third kappa shape index (κ3) is 3.95. The number of nitrogens with zero attached hydrogens (tertiary/aromatic N) is 4. The molecular formula is C27H23ClN4OS. The molecule has 0 radical (unpaired) electrons. The first-order chi connectivity index (χ1) is 16.4. The Bertz CT molecular complexity index is 1590. The fourth-order valence-corrected chi connectivity index (χ4v) is 4.97. The quantitative estimate of drug-likeness (QED) is 0.298. The van der Waals surface area contributed by atoms with Gasteiger partial charge < -0.3 is 0 Å². The van der Waals surface area contributed by atoms with Gasteiger partial charge in [0.2, 0.25) is 0 Å². The van der Waals surface area contributed by atoms with Gasteiger partial charge in [-0.25, -0.2) is 9.67 Å². The fraction of sp³-hybridized carbons (Fsp3) is 0.111. The van der Waals surface area contributed by atoms with Crippen molar-refractivity contribution in [3.8, 4) is 22.6 Å². The van der Waals surface area contributed by atoms with Crippen LogP contribution < -0.4 is 10.4 Å². The minimum Gasteiger partial charge on any atom is -0.285 e. The highest BCUT2D eigenvalue weighted by atomic mass is 35.5. The number of rotatable bonds is 4. The molecule has 0 saturated carbocycles. The largest absolute Gasteiger partial charge is 0.297 e. The van der Waals surface area contributed by atoms with Crippen LogP contribution in [0.1, 0.15) is 11.3 Å². The van der Waals surface area contributed by atoms with E-state index in [1.807, 2.05) is 73.3 Å². The van der Waals surface area contributed by atoms with Crippen molar-refractivity contribution in [2.24, 2.45) is 12.0 Å². The predicted molar refractivity (Wildman–Crippen MR) is 140 cm³/mol. The summed E-state index contributed by atoms with van der Waals surface area (Å²) < 4.78 is 5.59. The van der Waals surface area contributed by atoms with Crippen LogP contribution in [0.3, 0.4) is 0 Å². The van der Waals surface area contributed by atoms with Crippen molar-refractivity contribution >= 4 is 28.6 Å². The number of benzene rings is 3. The molecule has 0 aliphatic carbocycles. The Kier molecular flexibility index (Phi) is 5.86. The maximum atomic E-state index is 13.5. The number of thiazole rings is 1. The van der Waals surface area contributed by atoms with Crippen molar-refractivity contribution in [2.75, 3.05) is 0 Å². The molecular weight excluding hydrogens is 464 g/mol. The van der Waals surface area contributed by atoms with Crippen LogP contribution >= 0.6 is 22.9 Å². The lowest BCUT2D eigenvalue weighted by Crippen LogP contribution is -2.20. The molecule has 0 unspecified atom stereocenters. The lowest BCUT2D eigenvalue weighted by molar-refractivity contribution is 0.630. The summed E-state index contributed by atoms with van der Waals surface area (Å²) in [5.41, 5.74) is 6.04. The van der Waals surface area contributed by atoms with Gasteiger partial charge in [0.15, 0.2) is 10.5 Å². The first-order valence-corrected chi connectivity index (χ1v) is 12.1. The van der Waals surface area contributed by atoms with Crippen LogP contribution in [0, 0.1) is 13.8 Å². The van der Waals surface area contributed by atoms with Gasteiger partial charge in [0, 0.05) is 23.1 Å². The van der Waals surface area contributed by atoms with Crippen molar-refractivity contribution in [3.63, 3.8) is 0 Å². The van der Waals surface area contributed by atoms with Crippen molar-refractivity contribution < 1.29 is 0 Å². The molecule has 5 aromatic rings. The van der Waals surface area contributed by atoms with Gasteiger partial charge >= 0.3 is 0 Å². The average molecular weight is 487 g/mol. The molecule has 3 aromatic carbocycles. The minimum atomic E-state index is -0.150. The number of hydrogen-bond donors (Lipinski definition) is 0. The highest BCUT2D eigenvalue weighted by Crippen LogP contribution is 2.26. The molecule has 7 heteroatoms. The van der Waals surface area contributed by atoms with E-state index in [4.69, 9.17) is 16.6 Å². The molecule has 2 heterocycles. The summed E-state index contributed by atoms with van der Waals surface area (Å²) in [6.07, 6.45) is 0. The Balaban J connectivity index is 1.76. The monoisotopic (exact) mass is 486 g/mol. The van der Waals surface area contributed by atoms with Crippen LogP contribution in [0.2, 0.25) is 5.02 Å². The summed E-state index contributed by atoms with van der Waals surface area (Å²) in [5, 5.41) is 2.75. The van der Waals surface area contributed by atoms with Gasteiger partial charge in [0.1, 0.15) is 0 Å². The number of aryl methyl sites for hydroxylation is 1. The summed E-state index contributed by atoms with van der Waals surface area (Å²) in [7, 11) is 1.88.